The highest BCUT2D eigenvalue weighted by Crippen LogP contribution is 2.03. The zero-order valence-corrected chi connectivity index (χ0v) is 13.0. The molecule has 102 valence electrons. The van der Waals surface area contributed by atoms with Crippen LogP contribution in [-0.4, -0.2) is 74.3 Å². The van der Waals surface area contributed by atoms with Crippen molar-refractivity contribution in [2.24, 2.45) is 0 Å². The monoisotopic (exact) mass is 326 g/mol. The van der Waals surface area contributed by atoms with Crippen LogP contribution in [0.25, 0.3) is 0 Å². The van der Waals surface area contributed by atoms with Crippen LogP contribution in [0.5, 0.6) is 0 Å². The summed E-state index contributed by atoms with van der Waals surface area (Å²) in [6, 6.07) is 0. The van der Waals surface area contributed by atoms with Gasteiger partial charge < -0.3 is 0 Å². The molecule has 0 aromatic carbocycles. The molecule has 1 aliphatic rings. The van der Waals surface area contributed by atoms with E-state index in [4.69, 9.17) is 0 Å². The first-order valence-corrected chi connectivity index (χ1v) is 9.23. The number of halogens is 1. The second-order valence-corrected chi connectivity index (χ2v) is 7.62. The van der Waals surface area contributed by atoms with Crippen molar-refractivity contribution < 1.29 is 8.42 Å². The van der Waals surface area contributed by atoms with Gasteiger partial charge in [0, 0.05) is 50.4 Å². The lowest BCUT2D eigenvalue weighted by atomic mass is 10.3. The van der Waals surface area contributed by atoms with E-state index in [1.807, 2.05) is 6.92 Å². The summed E-state index contributed by atoms with van der Waals surface area (Å²) in [5, 5.41) is 1.01. The van der Waals surface area contributed by atoms with Crippen molar-refractivity contribution in [3.63, 3.8) is 0 Å². The van der Waals surface area contributed by atoms with Gasteiger partial charge in [-0.2, -0.15) is 0 Å². The maximum atomic E-state index is 11.6. The first-order chi connectivity index (χ1) is 8.07. The summed E-state index contributed by atoms with van der Waals surface area (Å²) in [6.07, 6.45) is 0.724. The summed E-state index contributed by atoms with van der Waals surface area (Å²) in [6.45, 7) is 7.80. The minimum Gasteiger partial charge on any atom is -0.300 e. The molecule has 0 spiro atoms. The van der Waals surface area contributed by atoms with E-state index in [-0.39, 0.29) is 0 Å². The van der Waals surface area contributed by atoms with Crippen molar-refractivity contribution in [1.82, 2.24) is 9.80 Å². The molecule has 0 unspecified atom stereocenters. The molecule has 1 aliphatic heterocycles. The zero-order valence-electron chi connectivity index (χ0n) is 10.6. The highest BCUT2D eigenvalue weighted by molar-refractivity contribution is 9.09. The Morgan fingerprint density at radius 3 is 2.00 bits per heavy atom. The van der Waals surface area contributed by atoms with E-state index in [0.717, 1.165) is 44.5 Å². The van der Waals surface area contributed by atoms with E-state index in [2.05, 4.69) is 25.7 Å². The van der Waals surface area contributed by atoms with Gasteiger partial charge >= 0.3 is 0 Å². The van der Waals surface area contributed by atoms with Gasteiger partial charge in [-0.1, -0.05) is 22.9 Å². The summed E-state index contributed by atoms with van der Waals surface area (Å²) >= 11 is 3.44. The number of hydrogen-bond acceptors (Lipinski definition) is 4. The smallest absolute Gasteiger partial charge is 0.151 e. The van der Waals surface area contributed by atoms with E-state index in [9.17, 15) is 8.42 Å². The molecule has 0 atom stereocenters. The van der Waals surface area contributed by atoms with E-state index in [0.29, 0.717) is 18.1 Å². The number of sulfone groups is 1. The molecule has 0 radical (unpaired) electrons. The molecule has 17 heavy (non-hydrogen) atoms. The molecule has 1 saturated heterocycles. The first kappa shape index (κ1) is 15.4. The molecule has 0 N–H and O–H groups in total. The first-order valence-electron chi connectivity index (χ1n) is 6.28. The Kier molecular flexibility index (Phi) is 6.99. The van der Waals surface area contributed by atoms with Gasteiger partial charge in [-0.15, -0.1) is 0 Å². The molecule has 0 saturated carbocycles. The van der Waals surface area contributed by atoms with E-state index in [1.54, 1.807) is 0 Å². The standard InChI is InChI=1S/C11H23BrN2O2S/c1-2-10-17(15,16)11-9-14-7-5-13(4-3-12)6-8-14/h2-11H2,1H3. The molecular weight excluding hydrogens is 304 g/mol. The number of hydrogen-bond donors (Lipinski definition) is 0. The summed E-state index contributed by atoms with van der Waals surface area (Å²) in [7, 11) is -2.82. The van der Waals surface area contributed by atoms with Gasteiger partial charge in [0.15, 0.2) is 9.84 Å². The Bertz CT molecular complexity index is 301. The molecule has 6 heteroatoms. The second kappa shape index (κ2) is 7.71. The largest absolute Gasteiger partial charge is 0.300 e. The average Bonchev–Trinajstić information content (AvgIpc) is 2.29. The minimum absolute atomic E-state index is 0.319. The van der Waals surface area contributed by atoms with Crippen molar-refractivity contribution in [2.75, 3.05) is 56.1 Å². The Labute approximate surface area is 113 Å². The van der Waals surface area contributed by atoms with Gasteiger partial charge in [-0.05, 0) is 6.42 Å². The van der Waals surface area contributed by atoms with Crippen LogP contribution >= 0.6 is 15.9 Å². The van der Waals surface area contributed by atoms with Gasteiger partial charge in [0.1, 0.15) is 0 Å². The SMILES string of the molecule is CCCS(=O)(=O)CCN1CCN(CCBr)CC1. The lowest BCUT2D eigenvalue weighted by molar-refractivity contribution is 0.144. The summed E-state index contributed by atoms with van der Waals surface area (Å²) in [5.41, 5.74) is 0. The normalized spacial score (nSPS) is 19.6. The van der Waals surface area contributed by atoms with E-state index < -0.39 is 9.84 Å². The highest BCUT2D eigenvalue weighted by Gasteiger charge is 2.18. The van der Waals surface area contributed by atoms with Crippen molar-refractivity contribution >= 4 is 25.8 Å². The van der Waals surface area contributed by atoms with Crippen LogP contribution in [0.15, 0.2) is 0 Å². The molecule has 1 rings (SSSR count). The van der Waals surface area contributed by atoms with Gasteiger partial charge in [-0.25, -0.2) is 8.42 Å². The van der Waals surface area contributed by atoms with Gasteiger partial charge in [-0.3, -0.25) is 9.80 Å². The van der Waals surface area contributed by atoms with Crippen LogP contribution in [0.1, 0.15) is 13.3 Å². The average molecular weight is 327 g/mol. The van der Waals surface area contributed by atoms with Crippen LogP contribution in [0, 0.1) is 0 Å². The van der Waals surface area contributed by atoms with Crippen LogP contribution in [0.2, 0.25) is 0 Å². The number of alkyl halides is 1. The Morgan fingerprint density at radius 2 is 1.53 bits per heavy atom. The number of piperazine rings is 1. The third-order valence-electron chi connectivity index (χ3n) is 3.10. The summed E-state index contributed by atoms with van der Waals surface area (Å²) < 4.78 is 23.2. The zero-order chi connectivity index (χ0) is 12.7. The molecule has 0 bridgehead atoms. The van der Waals surface area contributed by atoms with Gasteiger partial charge in [0.25, 0.3) is 0 Å². The van der Waals surface area contributed by atoms with E-state index >= 15 is 0 Å². The maximum absolute atomic E-state index is 11.6. The molecule has 4 nitrogen and oxygen atoms in total. The molecule has 0 aliphatic carbocycles. The van der Waals surface area contributed by atoms with Gasteiger partial charge in [0.2, 0.25) is 0 Å². The molecule has 0 amide bonds. The van der Waals surface area contributed by atoms with Crippen molar-refractivity contribution in [1.29, 1.82) is 0 Å². The summed E-state index contributed by atoms with van der Waals surface area (Å²) in [4.78, 5) is 4.67. The quantitative estimate of drug-likeness (QED) is 0.650. The lowest BCUT2D eigenvalue weighted by Crippen LogP contribution is -2.48. The maximum Gasteiger partial charge on any atom is 0.151 e. The summed E-state index contributed by atoms with van der Waals surface area (Å²) in [5.74, 6) is 0.649. The fourth-order valence-corrected chi connectivity index (χ4v) is 3.90. The van der Waals surface area contributed by atoms with Crippen molar-refractivity contribution in [2.45, 2.75) is 13.3 Å². The number of rotatable bonds is 7. The van der Waals surface area contributed by atoms with Gasteiger partial charge in [0.05, 0.1) is 5.75 Å². The fraction of sp³-hybridized carbons (Fsp3) is 1.00. The number of nitrogens with zero attached hydrogens (tertiary/aromatic N) is 2. The molecular formula is C11H23BrN2O2S. The molecule has 0 aromatic rings. The van der Waals surface area contributed by atoms with E-state index in [1.165, 1.54) is 0 Å². The third-order valence-corrected chi connectivity index (χ3v) is 5.29. The minimum atomic E-state index is -2.82. The van der Waals surface area contributed by atoms with Crippen LogP contribution in [-0.2, 0) is 9.84 Å². The molecule has 1 fully saturated rings. The third kappa shape index (κ3) is 6.18. The highest BCUT2D eigenvalue weighted by atomic mass is 79.9. The predicted octanol–water partition coefficient (Wildman–Crippen LogP) is 0.824. The van der Waals surface area contributed by atoms with Crippen molar-refractivity contribution in [3.05, 3.63) is 0 Å². The molecule has 0 aromatic heterocycles. The van der Waals surface area contributed by atoms with Crippen LogP contribution in [0.3, 0.4) is 0 Å². The predicted molar refractivity (Wildman–Crippen MR) is 75.6 cm³/mol. The topological polar surface area (TPSA) is 40.6 Å². The second-order valence-electron chi connectivity index (χ2n) is 4.52. The fourth-order valence-electron chi connectivity index (χ4n) is 2.04. The Balaban J connectivity index is 2.22. The van der Waals surface area contributed by atoms with Crippen LogP contribution < -0.4 is 0 Å². The Morgan fingerprint density at radius 1 is 1.00 bits per heavy atom. The lowest BCUT2D eigenvalue weighted by Gasteiger charge is -2.34. The van der Waals surface area contributed by atoms with Crippen molar-refractivity contribution in [3.8, 4) is 0 Å². The Hall–Kier alpha value is 0.350. The van der Waals surface area contributed by atoms with Crippen LogP contribution in [0.4, 0.5) is 0 Å². The molecule has 1 heterocycles.